The molecule has 0 fully saturated rings. The molecule has 6 rings (SSSR count). The van der Waals surface area contributed by atoms with Crippen molar-refractivity contribution in [3.63, 3.8) is 0 Å². The Morgan fingerprint density at radius 1 is 1.23 bits per heavy atom. The molecule has 0 radical (unpaired) electrons. The van der Waals surface area contributed by atoms with Gasteiger partial charge in [-0.3, -0.25) is 4.79 Å². The van der Waals surface area contributed by atoms with Crippen molar-refractivity contribution >= 4 is 40.7 Å². The highest BCUT2D eigenvalue weighted by Gasteiger charge is 2.36. The number of anilines is 4. The molecule has 180 valence electrons. The van der Waals surface area contributed by atoms with Crippen LogP contribution in [0, 0.1) is 5.82 Å². The number of carboxylic acid groups (broad SMARTS) is 1. The Balaban J connectivity index is 1.35. The van der Waals surface area contributed by atoms with Crippen LogP contribution in [0.5, 0.6) is 0 Å². The fourth-order valence-corrected chi connectivity index (χ4v) is 6.08. The summed E-state index contributed by atoms with van der Waals surface area (Å²) in [6, 6.07) is 8.53. The fourth-order valence-electron chi connectivity index (χ4n) is 5.89. The predicted octanol–water partition coefficient (Wildman–Crippen LogP) is 5.20. The first-order valence-electron chi connectivity index (χ1n) is 11.8. The molecule has 2 aliphatic heterocycles. The van der Waals surface area contributed by atoms with Crippen LogP contribution in [0.3, 0.4) is 0 Å². The van der Waals surface area contributed by atoms with Gasteiger partial charge in [-0.05, 0) is 84.8 Å². The van der Waals surface area contributed by atoms with Gasteiger partial charge < -0.3 is 20.2 Å². The van der Waals surface area contributed by atoms with Crippen LogP contribution in [-0.4, -0.2) is 46.1 Å². The van der Waals surface area contributed by atoms with Crippen LogP contribution >= 0.6 is 11.6 Å². The molecule has 0 amide bonds. The van der Waals surface area contributed by atoms with Crippen LogP contribution in [0.1, 0.15) is 46.9 Å². The molecular weight excluding hydrogens is 469 g/mol. The van der Waals surface area contributed by atoms with E-state index in [1.165, 1.54) is 47.9 Å². The number of benzene rings is 2. The Morgan fingerprint density at radius 2 is 2.06 bits per heavy atom. The smallest absolute Gasteiger partial charge is 0.312 e. The van der Waals surface area contributed by atoms with Gasteiger partial charge >= 0.3 is 5.97 Å². The average molecular weight is 494 g/mol. The second-order valence-electron chi connectivity index (χ2n) is 9.69. The van der Waals surface area contributed by atoms with Gasteiger partial charge in [-0.1, -0.05) is 11.6 Å². The first kappa shape index (κ1) is 22.2. The molecule has 35 heavy (non-hydrogen) atoms. The SMILES string of the molecule is CN1Cc2cc(Nc3ncc(Cl)c(N4CC(C(=O)O)c5cc(F)ccc54)n3)cc3c2C(CCC3)C1. The number of carboxylic acids is 1. The zero-order valence-electron chi connectivity index (χ0n) is 19.3. The third-order valence-corrected chi connectivity index (χ3v) is 7.55. The normalized spacial score (nSPS) is 20.9. The number of hydrogen-bond acceptors (Lipinski definition) is 6. The number of aliphatic carboxylic acids is 1. The number of hydrogen-bond donors (Lipinski definition) is 2. The van der Waals surface area contributed by atoms with E-state index >= 15 is 0 Å². The van der Waals surface area contributed by atoms with Crippen LogP contribution in [0.2, 0.25) is 5.02 Å². The van der Waals surface area contributed by atoms with Gasteiger partial charge in [0, 0.05) is 31.0 Å². The van der Waals surface area contributed by atoms with E-state index in [4.69, 9.17) is 11.6 Å². The summed E-state index contributed by atoms with van der Waals surface area (Å²) in [7, 11) is 2.16. The Morgan fingerprint density at radius 3 is 2.89 bits per heavy atom. The molecule has 0 saturated carbocycles. The van der Waals surface area contributed by atoms with Gasteiger partial charge in [0.2, 0.25) is 5.95 Å². The molecule has 3 aliphatic rings. The number of nitrogens with zero attached hydrogens (tertiary/aromatic N) is 4. The first-order chi connectivity index (χ1) is 16.9. The highest BCUT2D eigenvalue weighted by molar-refractivity contribution is 6.33. The van der Waals surface area contributed by atoms with E-state index in [9.17, 15) is 14.3 Å². The molecule has 2 atom stereocenters. The molecule has 7 nitrogen and oxygen atoms in total. The largest absolute Gasteiger partial charge is 0.481 e. The summed E-state index contributed by atoms with van der Waals surface area (Å²) < 4.78 is 13.9. The summed E-state index contributed by atoms with van der Waals surface area (Å²) in [6.45, 7) is 2.13. The maximum absolute atomic E-state index is 13.9. The fraction of sp³-hybridized carbons (Fsp3) is 0.346. The maximum atomic E-state index is 13.9. The summed E-state index contributed by atoms with van der Waals surface area (Å²) in [6.07, 6.45) is 5.01. The highest BCUT2D eigenvalue weighted by atomic mass is 35.5. The second-order valence-corrected chi connectivity index (χ2v) is 10.1. The van der Waals surface area contributed by atoms with Crippen molar-refractivity contribution in [2.75, 3.05) is 30.4 Å². The number of aromatic nitrogens is 2. The molecular formula is C26H25ClFN5O2. The topological polar surface area (TPSA) is 81.6 Å². The lowest BCUT2D eigenvalue weighted by atomic mass is 9.77. The molecule has 0 spiro atoms. The molecule has 0 saturated heterocycles. The number of nitrogens with one attached hydrogen (secondary N) is 1. The second kappa shape index (κ2) is 8.46. The zero-order chi connectivity index (χ0) is 24.3. The minimum atomic E-state index is -1.02. The molecule has 9 heteroatoms. The van der Waals surface area contributed by atoms with Crippen molar-refractivity contribution < 1.29 is 14.3 Å². The Kier molecular flexibility index (Phi) is 5.38. The lowest BCUT2D eigenvalue weighted by Gasteiger charge is -2.37. The summed E-state index contributed by atoms with van der Waals surface area (Å²) in [5, 5.41) is 13.3. The van der Waals surface area contributed by atoms with E-state index in [0.29, 0.717) is 34.0 Å². The zero-order valence-corrected chi connectivity index (χ0v) is 20.0. The number of fused-ring (bicyclic) bond motifs is 1. The number of carbonyl (C=O) groups is 1. The Hall–Kier alpha value is -3.23. The molecule has 1 aromatic heterocycles. The monoisotopic (exact) mass is 493 g/mol. The predicted molar refractivity (Wildman–Crippen MR) is 133 cm³/mol. The standard InChI is InChI=1S/C26H25ClFN5O2/c1-32-11-15-4-2-3-14-7-18(8-16(12-32)23(14)15)30-26-29-10-21(27)24(31-26)33-13-20(25(34)35)19-9-17(28)5-6-22(19)33/h5-10,15,20H,2-4,11-13H2,1H3,(H,34,35)(H,29,30,31). The van der Waals surface area contributed by atoms with Crippen molar-refractivity contribution in [1.82, 2.24) is 14.9 Å². The van der Waals surface area contributed by atoms with Crippen molar-refractivity contribution in [3.8, 4) is 0 Å². The molecule has 1 aliphatic carbocycles. The van der Waals surface area contributed by atoms with Crippen LogP contribution in [0.4, 0.5) is 27.5 Å². The van der Waals surface area contributed by atoms with E-state index in [1.807, 2.05) is 0 Å². The van der Waals surface area contributed by atoms with Gasteiger partial charge in [0.15, 0.2) is 5.82 Å². The van der Waals surface area contributed by atoms with Crippen molar-refractivity contribution in [1.29, 1.82) is 0 Å². The van der Waals surface area contributed by atoms with E-state index in [-0.39, 0.29) is 6.54 Å². The third kappa shape index (κ3) is 3.90. The van der Waals surface area contributed by atoms with Crippen LogP contribution in [-0.2, 0) is 17.8 Å². The maximum Gasteiger partial charge on any atom is 0.312 e. The summed E-state index contributed by atoms with van der Waals surface area (Å²) in [4.78, 5) is 25.0. The Bertz CT molecular complexity index is 1350. The molecule has 3 heterocycles. The lowest BCUT2D eigenvalue weighted by Crippen LogP contribution is -2.33. The van der Waals surface area contributed by atoms with Gasteiger partial charge in [-0.2, -0.15) is 4.98 Å². The van der Waals surface area contributed by atoms with Crippen LogP contribution in [0.15, 0.2) is 36.5 Å². The number of likely N-dealkylation sites (N-methyl/N-ethyl adjacent to an activating group) is 1. The Labute approximate surface area is 207 Å². The minimum absolute atomic E-state index is 0.112. The van der Waals surface area contributed by atoms with Crippen molar-refractivity contribution in [2.24, 2.45) is 0 Å². The summed E-state index contributed by atoms with van der Waals surface area (Å²) in [5.41, 5.74) is 6.17. The van der Waals surface area contributed by atoms with Gasteiger partial charge in [0.05, 0.1) is 6.20 Å². The van der Waals surface area contributed by atoms with E-state index in [2.05, 4.69) is 39.4 Å². The average Bonchev–Trinajstić information content (AvgIpc) is 3.19. The molecule has 2 N–H and O–H groups in total. The van der Waals surface area contributed by atoms with Gasteiger partial charge in [-0.15, -0.1) is 0 Å². The van der Waals surface area contributed by atoms with Gasteiger partial charge in [-0.25, -0.2) is 9.37 Å². The number of halogens is 2. The van der Waals surface area contributed by atoms with Crippen LogP contribution < -0.4 is 10.2 Å². The van der Waals surface area contributed by atoms with Gasteiger partial charge in [0.1, 0.15) is 16.8 Å². The van der Waals surface area contributed by atoms with Crippen LogP contribution in [0.25, 0.3) is 0 Å². The third-order valence-electron chi connectivity index (χ3n) is 7.29. The van der Waals surface area contributed by atoms with Gasteiger partial charge in [0.25, 0.3) is 0 Å². The minimum Gasteiger partial charge on any atom is -0.481 e. The number of aryl methyl sites for hydroxylation is 1. The molecule has 0 bridgehead atoms. The summed E-state index contributed by atoms with van der Waals surface area (Å²) in [5.74, 6) is -1.01. The lowest BCUT2D eigenvalue weighted by molar-refractivity contribution is -0.138. The molecule has 3 aromatic rings. The molecule has 2 unspecified atom stereocenters. The van der Waals surface area contributed by atoms with E-state index < -0.39 is 17.7 Å². The molecule has 2 aromatic carbocycles. The quantitative estimate of drug-likeness (QED) is 0.517. The first-order valence-corrected chi connectivity index (χ1v) is 12.2. The highest BCUT2D eigenvalue weighted by Crippen LogP contribution is 2.43. The summed E-state index contributed by atoms with van der Waals surface area (Å²) >= 11 is 6.47. The van der Waals surface area contributed by atoms with E-state index in [0.717, 1.165) is 25.2 Å². The van der Waals surface area contributed by atoms with Crippen molar-refractivity contribution in [3.05, 3.63) is 69.6 Å². The van der Waals surface area contributed by atoms with Crippen molar-refractivity contribution in [2.45, 2.75) is 37.6 Å². The number of rotatable bonds is 4. The van der Waals surface area contributed by atoms with E-state index in [1.54, 1.807) is 11.0 Å².